The van der Waals surface area contributed by atoms with Gasteiger partial charge in [-0.3, -0.25) is 4.79 Å². The first kappa shape index (κ1) is 23.1. The van der Waals surface area contributed by atoms with Crippen molar-refractivity contribution in [1.29, 1.82) is 0 Å². The molecule has 0 aromatic rings. The molecule has 0 aliphatic carbocycles. The summed E-state index contributed by atoms with van der Waals surface area (Å²) in [6.45, 7) is 6.47. The van der Waals surface area contributed by atoms with Crippen LogP contribution in [0, 0.1) is 0 Å². The number of rotatable bonds is 5. The maximum atomic E-state index is 12.6. The van der Waals surface area contributed by atoms with Gasteiger partial charge in [-0.2, -0.15) is 0 Å². The highest BCUT2D eigenvalue weighted by molar-refractivity contribution is 5.96. The van der Waals surface area contributed by atoms with Crippen molar-refractivity contribution in [2.24, 2.45) is 0 Å². The Labute approximate surface area is 178 Å². The Balaban J connectivity index is 2.16. The third kappa shape index (κ3) is 4.29. The van der Waals surface area contributed by atoms with Crippen molar-refractivity contribution in [3.63, 3.8) is 0 Å². The van der Waals surface area contributed by atoms with Gasteiger partial charge in [-0.1, -0.05) is 6.58 Å². The molecule has 1 saturated heterocycles. The molecule has 0 saturated carbocycles. The number of hydrogen-bond acceptors (Lipinski definition) is 10. The van der Waals surface area contributed by atoms with Gasteiger partial charge in [-0.25, -0.2) is 9.59 Å². The van der Waals surface area contributed by atoms with Gasteiger partial charge >= 0.3 is 17.9 Å². The SMILES string of the molecule is C=C(CO)C(=O)O[C@H]1C[C@@](C)(O)[C@@]2(O)CC[C@](C)(C=C3OC(=O)C(COC(C)=O)=C31)O2. The van der Waals surface area contributed by atoms with Crippen molar-refractivity contribution >= 4 is 17.9 Å². The van der Waals surface area contributed by atoms with Crippen LogP contribution in [0.5, 0.6) is 0 Å². The summed E-state index contributed by atoms with van der Waals surface area (Å²) < 4.78 is 21.6. The third-order valence-electron chi connectivity index (χ3n) is 5.73. The molecule has 10 heteroatoms. The summed E-state index contributed by atoms with van der Waals surface area (Å²) in [5.41, 5.74) is -3.24. The molecule has 3 aliphatic heterocycles. The first-order valence-corrected chi connectivity index (χ1v) is 9.77. The maximum absolute atomic E-state index is 12.6. The van der Waals surface area contributed by atoms with E-state index >= 15 is 0 Å². The molecule has 170 valence electrons. The lowest BCUT2D eigenvalue weighted by Gasteiger charge is -2.40. The van der Waals surface area contributed by atoms with Crippen LogP contribution in [0.15, 0.2) is 35.1 Å². The number of aliphatic hydroxyl groups is 3. The van der Waals surface area contributed by atoms with Crippen molar-refractivity contribution in [1.82, 2.24) is 0 Å². The lowest BCUT2D eigenvalue weighted by atomic mass is 9.82. The molecule has 31 heavy (non-hydrogen) atoms. The van der Waals surface area contributed by atoms with E-state index in [-0.39, 0.29) is 35.3 Å². The van der Waals surface area contributed by atoms with Gasteiger partial charge in [0.2, 0.25) is 0 Å². The second kappa shape index (κ2) is 7.86. The molecule has 0 aromatic carbocycles. The van der Waals surface area contributed by atoms with Gasteiger partial charge in [0.05, 0.1) is 23.4 Å². The second-order valence-corrected chi connectivity index (χ2v) is 8.40. The first-order valence-electron chi connectivity index (χ1n) is 9.77. The Morgan fingerprint density at radius 1 is 1.29 bits per heavy atom. The van der Waals surface area contributed by atoms with Gasteiger partial charge in [0.15, 0.2) is 5.79 Å². The molecule has 0 amide bonds. The Kier molecular flexibility index (Phi) is 5.87. The Morgan fingerprint density at radius 3 is 2.58 bits per heavy atom. The monoisotopic (exact) mass is 438 g/mol. The third-order valence-corrected chi connectivity index (χ3v) is 5.73. The number of ether oxygens (including phenoxy) is 4. The van der Waals surface area contributed by atoms with Crippen molar-refractivity contribution in [3.05, 3.63) is 35.1 Å². The molecular formula is C21H26O10. The quantitative estimate of drug-likeness (QED) is 0.308. The predicted molar refractivity (Wildman–Crippen MR) is 103 cm³/mol. The van der Waals surface area contributed by atoms with E-state index in [9.17, 15) is 29.7 Å². The van der Waals surface area contributed by atoms with Crippen LogP contribution in [0.4, 0.5) is 0 Å². The van der Waals surface area contributed by atoms with Crippen LogP contribution in [0.1, 0.15) is 40.0 Å². The van der Waals surface area contributed by atoms with Gasteiger partial charge in [0.25, 0.3) is 0 Å². The predicted octanol–water partition coefficient (Wildman–Crippen LogP) is 0.159. The smallest absolute Gasteiger partial charge is 0.343 e. The Hall–Kier alpha value is -2.53. The van der Waals surface area contributed by atoms with Crippen LogP contribution in [0.2, 0.25) is 0 Å². The van der Waals surface area contributed by atoms with Gasteiger partial charge in [-0.05, 0) is 26.3 Å². The van der Waals surface area contributed by atoms with Gasteiger partial charge in [0, 0.05) is 25.3 Å². The molecule has 1 fully saturated rings. The van der Waals surface area contributed by atoms with E-state index in [0.717, 1.165) is 0 Å². The Morgan fingerprint density at radius 2 is 1.97 bits per heavy atom. The standard InChI is InChI=1S/C21H26O10/c1-11(9-22)17(24)29-15-8-20(4,26)21(27)6-5-19(3,31-21)7-14-16(15)13(18(25)30-14)10-28-12(2)23/h7,15,22,26-27H,1,5-6,8-10H2,2-4H3/t15-,19+,20+,21+/m0/s1. The van der Waals surface area contributed by atoms with Crippen molar-refractivity contribution in [2.45, 2.75) is 63.1 Å². The summed E-state index contributed by atoms with van der Waals surface area (Å²) in [5.74, 6) is -4.36. The van der Waals surface area contributed by atoms with Crippen molar-refractivity contribution in [2.75, 3.05) is 13.2 Å². The van der Waals surface area contributed by atoms with Crippen LogP contribution in [0.3, 0.4) is 0 Å². The normalized spacial score (nSPS) is 34.7. The first-order chi connectivity index (χ1) is 14.3. The van der Waals surface area contributed by atoms with Gasteiger partial charge in [0.1, 0.15) is 24.1 Å². The molecule has 0 unspecified atom stereocenters. The fraction of sp³-hybridized carbons (Fsp3) is 0.571. The fourth-order valence-corrected chi connectivity index (χ4v) is 3.91. The highest BCUT2D eigenvalue weighted by atomic mass is 16.7. The van der Waals surface area contributed by atoms with Gasteiger partial charge in [-0.15, -0.1) is 0 Å². The summed E-state index contributed by atoms with van der Waals surface area (Å²) in [5, 5.41) is 31.4. The molecule has 0 spiro atoms. The van der Waals surface area contributed by atoms with Crippen molar-refractivity contribution < 1.29 is 48.7 Å². The van der Waals surface area contributed by atoms with Gasteiger partial charge < -0.3 is 34.3 Å². The highest BCUT2D eigenvalue weighted by Crippen LogP contribution is 2.49. The number of aliphatic hydroxyl groups excluding tert-OH is 1. The maximum Gasteiger partial charge on any atom is 0.343 e. The number of fused-ring (bicyclic) bond motifs is 3. The number of carbonyl (C=O) groups excluding carboxylic acids is 3. The molecule has 3 rings (SSSR count). The number of esters is 3. The number of hydrogen-bond donors (Lipinski definition) is 3. The van der Waals surface area contributed by atoms with E-state index in [0.29, 0.717) is 6.42 Å². The zero-order valence-corrected chi connectivity index (χ0v) is 17.6. The second-order valence-electron chi connectivity index (χ2n) is 8.40. The van der Waals surface area contributed by atoms with Crippen LogP contribution in [-0.2, 0) is 33.3 Å². The molecule has 3 N–H and O–H groups in total. The van der Waals surface area contributed by atoms with Crippen LogP contribution < -0.4 is 0 Å². The molecule has 10 nitrogen and oxygen atoms in total. The zero-order valence-electron chi connectivity index (χ0n) is 17.6. The van der Waals surface area contributed by atoms with E-state index in [2.05, 4.69) is 6.58 Å². The summed E-state index contributed by atoms with van der Waals surface area (Å²) in [7, 11) is 0. The lowest BCUT2D eigenvalue weighted by molar-refractivity contribution is -0.298. The average molecular weight is 438 g/mol. The minimum Gasteiger partial charge on any atom is -0.461 e. The topological polar surface area (TPSA) is 149 Å². The largest absolute Gasteiger partial charge is 0.461 e. The van der Waals surface area contributed by atoms with E-state index in [1.165, 1.54) is 19.9 Å². The highest BCUT2D eigenvalue weighted by Gasteiger charge is 2.58. The molecule has 3 aliphatic rings. The summed E-state index contributed by atoms with van der Waals surface area (Å²) in [6, 6.07) is 0. The lowest BCUT2D eigenvalue weighted by Crippen LogP contribution is -2.54. The van der Waals surface area contributed by atoms with Crippen LogP contribution >= 0.6 is 0 Å². The minimum atomic E-state index is -1.96. The zero-order chi connectivity index (χ0) is 23.2. The minimum absolute atomic E-state index is 0.0176. The van der Waals surface area contributed by atoms with E-state index in [1.807, 2.05) is 0 Å². The van der Waals surface area contributed by atoms with Crippen LogP contribution in [-0.4, -0.2) is 69.5 Å². The molecule has 3 heterocycles. The summed E-state index contributed by atoms with van der Waals surface area (Å²) in [6.07, 6.45) is 0.194. The summed E-state index contributed by atoms with van der Waals surface area (Å²) in [4.78, 5) is 36.2. The molecular weight excluding hydrogens is 412 g/mol. The van der Waals surface area contributed by atoms with E-state index in [4.69, 9.17) is 18.9 Å². The average Bonchev–Trinajstić information content (AvgIpc) is 3.14. The number of carbonyl (C=O) groups is 3. The summed E-state index contributed by atoms with van der Waals surface area (Å²) >= 11 is 0. The molecule has 2 bridgehead atoms. The van der Waals surface area contributed by atoms with E-state index in [1.54, 1.807) is 6.92 Å². The van der Waals surface area contributed by atoms with Crippen molar-refractivity contribution in [3.8, 4) is 0 Å². The molecule has 0 aromatic heterocycles. The van der Waals surface area contributed by atoms with Crippen LogP contribution in [0.25, 0.3) is 0 Å². The fourth-order valence-electron chi connectivity index (χ4n) is 3.91. The van der Waals surface area contributed by atoms with E-state index < -0.39 is 54.2 Å². The molecule has 0 radical (unpaired) electrons. The molecule has 4 atom stereocenters. The Bertz CT molecular complexity index is 898.